The van der Waals surface area contributed by atoms with Gasteiger partial charge in [-0.25, -0.2) is 4.79 Å². The van der Waals surface area contributed by atoms with E-state index in [1.54, 1.807) is 0 Å². The summed E-state index contributed by atoms with van der Waals surface area (Å²) in [4.78, 5) is 14.1. The summed E-state index contributed by atoms with van der Waals surface area (Å²) < 4.78 is 17.1. The molecule has 1 aliphatic carbocycles. The number of nitrogens with zero attached hydrogens (tertiary/aromatic N) is 2. The second-order valence-corrected chi connectivity index (χ2v) is 10.8. The largest absolute Gasteiger partial charge is 0.493 e. The predicted molar refractivity (Wildman–Crippen MR) is 122 cm³/mol. The van der Waals surface area contributed by atoms with Gasteiger partial charge in [-0.05, 0) is 77.3 Å². The number of aromatic nitrogens is 1. The highest BCUT2D eigenvalue weighted by Crippen LogP contribution is 2.45. The monoisotopic (exact) mass is 444 g/mol. The van der Waals surface area contributed by atoms with E-state index in [2.05, 4.69) is 12.1 Å². The minimum absolute atomic E-state index is 0.138. The number of rotatable bonds is 7. The summed E-state index contributed by atoms with van der Waals surface area (Å²) in [5, 5.41) is 15.2. The number of ether oxygens (including phenoxy) is 2. The fraction of sp³-hybridized carbons (Fsp3) is 0.680. The van der Waals surface area contributed by atoms with E-state index in [0.717, 1.165) is 49.9 Å². The molecule has 1 N–H and O–H groups in total. The molecule has 0 atom stereocenters. The molecule has 1 aromatic heterocycles. The van der Waals surface area contributed by atoms with Crippen molar-refractivity contribution in [1.29, 1.82) is 0 Å². The number of hydrogen-bond acceptors (Lipinski definition) is 6. The van der Waals surface area contributed by atoms with Crippen LogP contribution in [0.3, 0.4) is 0 Å². The fourth-order valence-corrected chi connectivity index (χ4v) is 4.24. The predicted octanol–water partition coefficient (Wildman–Crippen LogP) is 5.08. The van der Waals surface area contributed by atoms with Crippen LogP contribution in [0, 0.1) is 11.3 Å². The molecule has 32 heavy (non-hydrogen) atoms. The fourth-order valence-electron chi connectivity index (χ4n) is 4.24. The van der Waals surface area contributed by atoms with Crippen molar-refractivity contribution in [1.82, 2.24) is 10.1 Å². The van der Waals surface area contributed by atoms with Crippen LogP contribution < -0.4 is 4.74 Å². The molecule has 176 valence electrons. The Morgan fingerprint density at radius 3 is 2.62 bits per heavy atom. The summed E-state index contributed by atoms with van der Waals surface area (Å²) in [5.74, 6) is 1.23. The number of amides is 1. The molecule has 7 nitrogen and oxygen atoms in total. The molecule has 2 heterocycles. The number of aryl methyl sites for hydroxylation is 1. The molecule has 1 aliphatic heterocycles. The molecule has 0 radical (unpaired) electrons. The molecular formula is C25H36N2O5. The molecule has 7 heteroatoms. The quantitative estimate of drug-likeness (QED) is 0.641. The molecule has 0 spiro atoms. The van der Waals surface area contributed by atoms with Crippen molar-refractivity contribution in [3.8, 4) is 5.75 Å². The first kappa shape index (κ1) is 22.9. The number of benzene rings is 1. The normalized spacial score (nSPS) is 18.7. The van der Waals surface area contributed by atoms with Crippen molar-refractivity contribution in [3.63, 3.8) is 0 Å². The van der Waals surface area contributed by atoms with Crippen LogP contribution in [0.1, 0.15) is 71.1 Å². The number of hydrogen-bond donors (Lipinski definition) is 1. The molecule has 0 unspecified atom stereocenters. The van der Waals surface area contributed by atoms with E-state index in [-0.39, 0.29) is 18.1 Å². The lowest BCUT2D eigenvalue weighted by atomic mass is 9.91. The minimum Gasteiger partial charge on any atom is -0.493 e. The lowest BCUT2D eigenvalue weighted by Gasteiger charge is -2.33. The topological polar surface area (TPSA) is 85.0 Å². The Bertz CT molecular complexity index is 949. The van der Waals surface area contributed by atoms with Gasteiger partial charge in [0.25, 0.3) is 0 Å². The molecule has 2 aromatic rings. The highest BCUT2D eigenvalue weighted by Gasteiger charge is 2.38. The van der Waals surface area contributed by atoms with E-state index in [1.165, 1.54) is 12.8 Å². The molecule has 2 aliphatic rings. The van der Waals surface area contributed by atoms with Crippen LogP contribution in [0.5, 0.6) is 5.75 Å². The third kappa shape index (κ3) is 5.37. The highest BCUT2D eigenvalue weighted by molar-refractivity contribution is 5.84. The Morgan fingerprint density at radius 1 is 1.28 bits per heavy atom. The number of fused-ring (bicyclic) bond motifs is 1. The lowest BCUT2D eigenvalue weighted by molar-refractivity contribution is 0.0181. The molecular weight excluding hydrogens is 408 g/mol. The SMILES string of the molecule is CC1(COc2ccc3c(CCC4CCN(C(=O)OC(C)(C)C)CC4)noc3c2CO)CC1. The average Bonchev–Trinajstić information content (AvgIpc) is 3.34. The van der Waals surface area contributed by atoms with Crippen molar-refractivity contribution in [2.75, 3.05) is 19.7 Å². The number of aliphatic hydroxyl groups excluding tert-OH is 1. The maximum atomic E-state index is 12.3. The van der Waals surface area contributed by atoms with Gasteiger partial charge in [-0.1, -0.05) is 12.1 Å². The van der Waals surface area contributed by atoms with E-state index in [0.29, 0.717) is 29.4 Å². The van der Waals surface area contributed by atoms with E-state index in [4.69, 9.17) is 14.0 Å². The van der Waals surface area contributed by atoms with Crippen molar-refractivity contribution in [3.05, 3.63) is 23.4 Å². The second-order valence-electron chi connectivity index (χ2n) is 10.8. The van der Waals surface area contributed by atoms with Crippen molar-refractivity contribution in [2.45, 2.75) is 78.4 Å². The summed E-state index contributed by atoms with van der Waals surface area (Å²) in [7, 11) is 0. The van der Waals surface area contributed by atoms with Gasteiger partial charge in [-0.15, -0.1) is 0 Å². The molecule has 1 aromatic carbocycles. The maximum absolute atomic E-state index is 12.3. The van der Waals surface area contributed by atoms with E-state index < -0.39 is 5.60 Å². The van der Waals surface area contributed by atoms with Crippen LogP contribution in [-0.4, -0.2) is 46.6 Å². The highest BCUT2D eigenvalue weighted by atomic mass is 16.6. The summed E-state index contributed by atoms with van der Waals surface area (Å²) in [5.41, 5.74) is 2.03. The van der Waals surface area contributed by atoms with Gasteiger partial charge in [0.1, 0.15) is 11.4 Å². The molecule has 4 rings (SSSR count). The standard InChI is InChI=1S/C25H36N2O5/c1-24(2,3)31-23(29)27-13-9-17(10-14-27)5-7-20-18-6-8-21(30-16-25(4)11-12-25)19(15-28)22(18)32-26-20/h6,8,17,28H,5,7,9-16H2,1-4H3. The van der Waals surface area contributed by atoms with Crippen LogP contribution in [0.15, 0.2) is 16.7 Å². The third-order valence-corrected chi connectivity index (χ3v) is 6.67. The summed E-state index contributed by atoms with van der Waals surface area (Å²) in [6, 6.07) is 3.93. The van der Waals surface area contributed by atoms with Crippen LogP contribution in [0.4, 0.5) is 4.79 Å². The lowest BCUT2D eigenvalue weighted by Crippen LogP contribution is -2.41. The van der Waals surface area contributed by atoms with Gasteiger partial charge in [0.2, 0.25) is 0 Å². The first-order chi connectivity index (χ1) is 15.2. The average molecular weight is 445 g/mol. The minimum atomic E-state index is -0.462. The van der Waals surface area contributed by atoms with Crippen molar-refractivity contribution in [2.24, 2.45) is 11.3 Å². The first-order valence-corrected chi connectivity index (χ1v) is 11.8. The number of piperidine rings is 1. The number of likely N-dealkylation sites (tertiary alicyclic amines) is 1. The van der Waals surface area contributed by atoms with Gasteiger partial charge in [-0.3, -0.25) is 0 Å². The zero-order valence-corrected chi connectivity index (χ0v) is 19.8. The first-order valence-electron chi connectivity index (χ1n) is 11.8. The van der Waals surface area contributed by atoms with Gasteiger partial charge in [0.05, 0.1) is 24.5 Å². The Balaban J connectivity index is 1.33. The van der Waals surface area contributed by atoms with Gasteiger partial charge >= 0.3 is 6.09 Å². The molecule has 2 fully saturated rings. The van der Waals surface area contributed by atoms with Crippen molar-refractivity contribution < 1.29 is 23.9 Å². The maximum Gasteiger partial charge on any atom is 0.410 e. The van der Waals surface area contributed by atoms with E-state index in [9.17, 15) is 9.90 Å². The third-order valence-electron chi connectivity index (χ3n) is 6.67. The molecule has 1 saturated heterocycles. The Kier molecular flexibility index (Phi) is 6.39. The summed E-state index contributed by atoms with van der Waals surface area (Å²) >= 11 is 0. The van der Waals surface area contributed by atoms with Gasteiger partial charge in [-0.2, -0.15) is 0 Å². The second kappa shape index (κ2) is 8.93. The number of carbonyl (C=O) groups is 1. The zero-order chi connectivity index (χ0) is 22.9. The van der Waals surface area contributed by atoms with Gasteiger partial charge < -0.3 is 24.0 Å². The zero-order valence-electron chi connectivity index (χ0n) is 19.8. The van der Waals surface area contributed by atoms with Crippen LogP contribution in [0.25, 0.3) is 11.0 Å². The number of carbonyl (C=O) groups excluding carboxylic acids is 1. The van der Waals surface area contributed by atoms with Crippen LogP contribution >= 0.6 is 0 Å². The molecule has 1 saturated carbocycles. The smallest absolute Gasteiger partial charge is 0.410 e. The Morgan fingerprint density at radius 2 is 2.00 bits per heavy atom. The summed E-state index contributed by atoms with van der Waals surface area (Å²) in [6.45, 7) is 9.88. The van der Waals surface area contributed by atoms with Crippen molar-refractivity contribution >= 4 is 17.1 Å². The molecule has 1 amide bonds. The molecule has 0 bridgehead atoms. The number of aliphatic hydroxyl groups is 1. The van der Waals surface area contributed by atoms with Crippen LogP contribution in [-0.2, 0) is 17.8 Å². The van der Waals surface area contributed by atoms with Crippen LogP contribution in [0.2, 0.25) is 0 Å². The Labute approximate surface area is 190 Å². The Hall–Kier alpha value is -2.28. The summed E-state index contributed by atoms with van der Waals surface area (Å²) in [6.07, 6.45) is 5.90. The van der Waals surface area contributed by atoms with Gasteiger partial charge in [0.15, 0.2) is 5.58 Å². The van der Waals surface area contributed by atoms with E-state index in [1.807, 2.05) is 37.8 Å². The van der Waals surface area contributed by atoms with E-state index >= 15 is 0 Å². The van der Waals surface area contributed by atoms with Gasteiger partial charge in [0, 0.05) is 23.9 Å².